The normalized spacial score (nSPS) is 11.7. The summed E-state index contributed by atoms with van der Waals surface area (Å²) in [5.41, 5.74) is 2.89. The molecule has 1 N–H and O–H groups in total. The molecule has 1 amide bonds. The highest BCUT2D eigenvalue weighted by Gasteiger charge is 2.21. The largest absolute Gasteiger partial charge is 0.351 e. The van der Waals surface area contributed by atoms with Gasteiger partial charge < -0.3 is 5.32 Å². The maximum Gasteiger partial charge on any atom is 0.228 e. The van der Waals surface area contributed by atoms with Crippen LogP contribution < -0.4 is 5.32 Å². The summed E-state index contributed by atoms with van der Waals surface area (Å²) in [5.74, 6) is -0.326. The van der Waals surface area contributed by atoms with Crippen LogP contribution in [0.4, 0.5) is 0 Å². The van der Waals surface area contributed by atoms with Gasteiger partial charge in [0.15, 0.2) is 0 Å². The lowest BCUT2D eigenvalue weighted by Crippen LogP contribution is -2.30. The van der Waals surface area contributed by atoms with Crippen LogP contribution in [0.2, 0.25) is 5.02 Å². The molecular formula is C21H19ClN2O. The Balaban J connectivity index is 1.77. The van der Waals surface area contributed by atoms with E-state index < -0.39 is 0 Å². The number of pyridine rings is 1. The fourth-order valence-corrected chi connectivity index (χ4v) is 2.82. The van der Waals surface area contributed by atoms with Crippen molar-refractivity contribution in [3.8, 4) is 0 Å². The van der Waals surface area contributed by atoms with Crippen LogP contribution in [0, 0.1) is 0 Å². The lowest BCUT2D eigenvalue weighted by Gasteiger charge is -2.17. The van der Waals surface area contributed by atoms with E-state index in [1.807, 2.05) is 72.8 Å². The maximum atomic E-state index is 12.8. The summed E-state index contributed by atoms with van der Waals surface area (Å²) < 4.78 is 0. The third-order valence-electron chi connectivity index (χ3n) is 4.04. The van der Waals surface area contributed by atoms with Gasteiger partial charge in [0.25, 0.3) is 0 Å². The summed E-state index contributed by atoms with van der Waals surface area (Å²) in [5, 5.41) is 3.69. The number of rotatable bonds is 6. The Bertz CT molecular complexity index is 804. The van der Waals surface area contributed by atoms with Crippen molar-refractivity contribution in [3.05, 3.63) is 101 Å². The van der Waals surface area contributed by atoms with E-state index in [1.54, 1.807) is 6.20 Å². The molecular weight excluding hydrogens is 332 g/mol. The van der Waals surface area contributed by atoms with Gasteiger partial charge in [0, 0.05) is 29.9 Å². The third-order valence-corrected chi connectivity index (χ3v) is 4.29. The highest BCUT2D eigenvalue weighted by atomic mass is 35.5. The van der Waals surface area contributed by atoms with Crippen LogP contribution in [-0.4, -0.2) is 10.9 Å². The molecule has 0 aliphatic rings. The van der Waals surface area contributed by atoms with Crippen LogP contribution in [0.15, 0.2) is 79.0 Å². The van der Waals surface area contributed by atoms with Gasteiger partial charge in [-0.15, -0.1) is 0 Å². The van der Waals surface area contributed by atoms with Crippen LogP contribution in [0.1, 0.15) is 22.7 Å². The summed E-state index contributed by atoms with van der Waals surface area (Å²) in [6, 6.07) is 23.1. The quantitative estimate of drug-likeness (QED) is 0.717. The number of benzene rings is 2. The molecule has 25 heavy (non-hydrogen) atoms. The average molecular weight is 351 g/mol. The Morgan fingerprint density at radius 3 is 2.36 bits per heavy atom. The van der Waals surface area contributed by atoms with Crippen molar-refractivity contribution < 1.29 is 4.79 Å². The number of hydrogen-bond donors (Lipinski definition) is 1. The van der Waals surface area contributed by atoms with E-state index in [9.17, 15) is 4.79 Å². The van der Waals surface area contributed by atoms with Gasteiger partial charge in [0.05, 0.1) is 5.92 Å². The molecule has 0 fully saturated rings. The number of amides is 1. The van der Waals surface area contributed by atoms with E-state index in [-0.39, 0.29) is 11.8 Å². The minimum Gasteiger partial charge on any atom is -0.351 e. The first kappa shape index (κ1) is 17.2. The average Bonchev–Trinajstić information content (AvgIpc) is 2.67. The monoisotopic (exact) mass is 350 g/mol. The molecule has 3 nitrogen and oxygen atoms in total. The van der Waals surface area contributed by atoms with Gasteiger partial charge in [-0.1, -0.05) is 60.1 Å². The van der Waals surface area contributed by atoms with Crippen molar-refractivity contribution in [2.75, 3.05) is 0 Å². The van der Waals surface area contributed by atoms with E-state index in [0.29, 0.717) is 18.0 Å². The first-order chi connectivity index (χ1) is 12.2. The Hall–Kier alpha value is -2.65. The predicted octanol–water partition coefficient (Wildman–Crippen LogP) is 4.38. The topological polar surface area (TPSA) is 42.0 Å². The van der Waals surface area contributed by atoms with Crippen molar-refractivity contribution in [1.29, 1.82) is 0 Å². The zero-order valence-electron chi connectivity index (χ0n) is 13.7. The Morgan fingerprint density at radius 2 is 1.68 bits per heavy atom. The molecule has 4 heteroatoms. The fraction of sp³-hybridized carbons (Fsp3) is 0.143. The first-order valence-corrected chi connectivity index (χ1v) is 8.57. The van der Waals surface area contributed by atoms with E-state index in [2.05, 4.69) is 10.3 Å². The molecule has 0 aliphatic carbocycles. The molecule has 3 aromatic rings. The standard InChI is InChI=1S/C21H19ClN2O/c22-18-11-9-17(10-12-18)20(14-19-8-4-5-13-23-19)21(25)24-15-16-6-2-1-3-7-16/h1-13,20H,14-15H2,(H,24,25). The molecule has 0 aliphatic heterocycles. The van der Waals surface area contributed by atoms with Gasteiger partial charge in [-0.05, 0) is 35.4 Å². The van der Waals surface area contributed by atoms with E-state index in [1.165, 1.54) is 0 Å². The molecule has 1 atom stereocenters. The van der Waals surface area contributed by atoms with E-state index in [4.69, 9.17) is 11.6 Å². The molecule has 3 rings (SSSR count). The second-order valence-corrected chi connectivity index (χ2v) is 6.27. The summed E-state index contributed by atoms with van der Waals surface area (Å²) in [6.45, 7) is 0.506. The Labute approximate surface area is 152 Å². The van der Waals surface area contributed by atoms with Gasteiger partial charge in [-0.25, -0.2) is 0 Å². The summed E-state index contributed by atoms with van der Waals surface area (Å²) in [6.07, 6.45) is 2.29. The fourth-order valence-electron chi connectivity index (χ4n) is 2.69. The maximum absolute atomic E-state index is 12.8. The van der Waals surface area contributed by atoms with E-state index in [0.717, 1.165) is 16.8 Å². The molecule has 2 aromatic carbocycles. The number of carbonyl (C=O) groups excluding carboxylic acids is 1. The zero-order valence-corrected chi connectivity index (χ0v) is 14.5. The first-order valence-electron chi connectivity index (χ1n) is 8.19. The minimum absolute atomic E-state index is 0.0168. The number of nitrogens with zero attached hydrogens (tertiary/aromatic N) is 1. The number of hydrogen-bond acceptors (Lipinski definition) is 2. The van der Waals surface area contributed by atoms with Crippen LogP contribution in [0.5, 0.6) is 0 Å². The minimum atomic E-state index is -0.309. The van der Waals surface area contributed by atoms with Gasteiger partial charge in [0.1, 0.15) is 0 Å². The number of nitrogens with one attached hydrogen (secondary N) is 1. The second kappa shape index (κ2) is 8.45. The van der Waals surface area contributed by atoms with Gasteiger partial charge in [-0.2, -0.15) is 0 Å². The molecule has 0 saturated heterocycles. The molecule has 126 valence electrons. The molecule has 0 saturated carbocycles. The van der Waals surface area contributed by atoms with Crippen LogP contribution in [0.3, 0.4) is 0 Å². The highest BCUT2D eigenvalue weighted by molar-refractivity contribution is 6.30. The van der Waals surface area contributed by atoms with Crippen molar-refractivity contribution in [2.24, 2.45) is 0 Å². The number of aromatic nitrogens is 1. The van der Waals surface area contributed by atoms with Crippen LogP contribution in [-0.2, 0) is 17.8 Å². The number of halogens is 1. The smallest absolute Gasteiger partial charge is 0.228 e. The molecule has 0 spiro atoms. The van der Waals surface area contributed by atoms with E-state index >= 15 is 0 Å². The van der Waals surface area contributed by atoms with Crippen molar-refractivity contribution in [3.63, 3.8) is 0 Å². The van der Waals surface area contributed by atoms with Crippen molar-refractivity contribution in [2.45, 2.75) is 18.9 Å². The summed E-state index contributed by atoms with van der Waals surface area (Å²) >= 11 is 5.98. The molecule has 1 heterocycles. The lowest BCUT2D eigenvalue weighted by molar-refractivity contribution is -0.122. The number of carbonyl (C=O) groups is 1. The van der Waals surface area contributed by atoms with Gasteiger partial charge in [-0.3, -0.25) is 9.78 Å². The Kier molecular flexibility index (Phi) is 5.81. The van der Waals surface area contributed by atoms with Crippen molar-refractivity contribution >= 4 is 17.5 Å². The molecule has 0 bridgehead atoms. The van der Waals surface area contributed by atoms with Gasteiger partial charge >= 0.3 is 0 Å². The van der Waals surface area contributed by atoms with Crippen LogP contribution >= 0.6 is 11.6 Å². The SMILES string of the molecule is O=C(NCc1ccccc1)C(Cc1ccccn1)c1ccc(Cl)cc1. The zero-order chi connectivity index (χ0) is 17.5. The highest BCUT2D eigenvalue weighted by Crippen LogP contribution is 2.22. The summed E-state index contributed by atoms with van der Waals surface area (Å²) in [7, 11) is 0. The summed E-state index contributed by atoms with van der Waals surface area (Å²) in [4.78, 5) is 17.2. The third kappa shape index (κ3) is 4.91. The Morgan fingerprint density at radius 1 is 0.960 bits per heavy atom. The van der Waals surface area contributed by atoms with Crippen LogP contribution in [0.25, 0.3) is 0 Å². The van der Waals surface area contributed by atoms with Gasteiger partial charge in [0.2, 0.25) is 5.91 Å². The molecule has 0 radical (unpaired) electrons. The lowest BCUT2D eigenvalue weighted by atomic mass is 9.93. The molecule has 1 aromatic heterocycles. The molecule has 1 unspecified atom stereocenters. The van der Waals surface area contributed by atoms with Crippen molar-refractivity contribution in [1.82, 2.24) is 10.3 Å². The predicted molar refractivity (Wildman–Crippen MR) is 100 cm³/mol. The second-order valence-electron chi connectivity index (χ2n) is 5.83.